The Bertz CT molecular complexity index is 593. The van der Waals surface area contributed by atoms with Gasteiger partial charge in [-0.3, -0.25) is 0 Å². The second kappa shape index (κ2) is 5.54. The van der Waals surface area contributed by atoms with Crippen molar-refractivity contribution in [3.63, 3.8) is 0 Å². The molecule has 1 aromatic carbocycles. The molecule has 1 aromatic heterocycles. The van der Waals surface area contributed by atoms with Crippen molar-refractivity contribution in [1.29, 1.82) is 0 Å². The molecule has 0 saturated carbocycles. The van der Waals surface area contributed by atoms with Crippen LogP contribution in [0.4, 0.5) is 0 Å². The van der Waals surface area contributed by atoms with E-state index in [4.69, 9.17) is 4.74 Å². The molecule has 0 aliphatic rings. The van der Waals surface area contributed by atoms with Gasteiger partial charge in [0.1, 0.15) is 5.01 Å². The molecule has 18 heavy (non-hydrogen) atoms. The van der Waals surface area contributed by atoms with E-state index in [1.165, 1.54) is 7.11 Å². The summed E-state index contributed by atoms with van der Waals surface area (Å²) in [5.74, 6) is 0.569. The second-order valence-electron chi connectivity index (χ2n) is 3.71. The standard InChI is InChI=1S/C13H12BrNO2S/c1-8-7-18-13(15-8)4-3-9-5-11(16)12(17-2)6-10(9)14/h3-7,16H,1-2H3/b4-3+. The van der Waals surface area contributed by atoms with Crippen molar-refractivity contribution in [2.24, 2.45) is 0 Å². The van der Waals surface area contributed by atoms with Crippen molar-refractivity contribution in [2.75, 3.05) is 7.11 Å². The average Bonchev–Trinajstić information content (AvgIpc) is 2.75. The number of thiazole rings is 1. The quantitative estimate of drug-likeness (QED) is 0.923. The first-order valence-electron chi connectivity index (χ1n) is 5.27. The predicted octanol–water partition coefficient (Wildman–Crippen LogP) is 4.10. The lowest BCUT2D eigenvalue weighted by Crippen LogP contribution is -1.85. The van der Waals surface area contributed by atoms with E-state index in [2.05, 4.69) is 20.9 Å². The van der Waals surface area contributed by atoms with Gasteiger partial charge in [-0.15, -0.1) is 11.3 Å². The van der Waals surface area contributed by atoms with Crippen molar-refractivity contribution in [2.45, 2.75) is 6.92 Å². The van der Waals surface area contributed by atoms with Crippen LogP contribution >= 0.6 is 27.3 Å². The number of phenolic OH excluding ortho intramolecular Hbond substituents is 1. The zero-order chi connectivity index (χ0) is 13.1. The molecule has 3 nitrogen and oxygen atoms in total. The summed E-state index contributed by atoms with van der Waals surface area (Å²) in [6.45, 7) is 1.96. The summed E-state index contributed by atoms with van der Waals surface area (Å²) in [6, 6.07) is 3.39. The number of ether oxygens (including phenoxy) is 1. The van der Waals surface area contributed by atoms with Gasteiger partial charge in [0.05, 0.1) is 7.11 Å². The molecule has 1 N–H and O–H groups in total. The summed E-state index contributed by atoms with van der Waals surface area (Å²) in [6.07, 6.45) is 3.82. The number of halogens is 1. The molecule has 0 saturated heterocycles. The monoisotopic (exact) mass is 325 g/mol. The molecule has 0 fully saturated rings. The minimum absolute atomic E-state index is 0.121. The molecule has 0 unspecified atom stereocenters. The molecule has 2 aromatic rings. The summed E-state index contributed by atoms with van der Waals surface area (Å²) >= 11 is 5.03. The molecule has 0 bridgehead atoms. The predicted molar refractivity (Wildman–Crippen MR) is 78.1 cm³/mol. The maximum Gasteiger partial charge on any atom is 0.161 e. The SMILES string of the molecule is COc1cc(Br)c(/C=C/c2nc(C)cs2)cc1O. The van der Waals surface area contributed by atoms with Gasteiger partial charge >= 0.3 is 0 Å². The normalized spacial score (nSPS) is 11.1. The van der Waals surface area contributed by atoms with E-state index in [0.29, 0.717) is 5.75 Å². The highest BCUT2D eigenvalue weighted by Gasteiger charge is 2.06. The zero-order valence-electron chi connectivity index (χ0n) is 9.98. The first-order chi connectivity index (χ1) is 8.60. The molecule has 0 aliphatic carbocycles. The lowest BCUT2D eigenvalue weighted by molar-refractivity contribution is 0.373. The molecule has 0 amide bonds. The fourth-order valence-electron chi connectivity index (χ4n) is 1.46. The third-order valence-electron chi connectivity index (χ3n) is 2.34. The Morgan fingerprint density at radius 3 is 2.78 bits per heavy atom. The molecule has 5 heteroatoms. The second-order valence-corrected chi connectivity index (χ2v) is 5.45. The van der Waals surface area contributed by atoms with E-state index in [1.807, 2.05) is 24.5 Å². The minimum Gasteiger partial charge on any atom is -0.504 e. The third-order valence-corrected chi connectivity index (χ3v) is 3.96. The van der Waals surface area contributed by atoms with Crippen LogP contribution in [0.25, 0.3) is 12.2 Å². The van der Waals surface area contributed by atoms with Crippen molar-refractivity contribution >= 4 is 39.4 Å². The molecule has 0 atom stereocenters. The van der Waals surface area contributed by atoms with E-state index in [9.17, 15) is 5.11 Å². The lowest BCUT2D eigenvalue weighted by Gasteiger charge is -2.06. The first kappa shape index (κ1) is 13.1. The van der Waals surface area contributed by atoms with Crippen LogP contribution in [-0.4, -0.2) is 17.2 Å². The largest absolute Gasteiger partial charge is 0.504 e. The number of rotatable bonds is 3. The number of hydrogen-bond donors (Lipinski definition) is 1. The van der Waals surface area contributed by atoms with Crippen LogP contribution in [0.15, 0.2) is 22.0 Å². The lowest BCUT2D eigenvalue weighted by atomic mass is 10.2. The molecule has 94 valence electrons. The van der Waals surface area contributed by atoms with Gasteiger partial charge in [0, 0.05) is 15.5 Å². The third kappa shape index (κ3) is 2.91. The molecule has 2 rings (SSSR count). The number of hydrogen-bond acceptors (Lipinski definition) is 4. The van der Waals surface area contributed by atoms with Crippen LogP contribution in [0.2, 0.25) is 0 Å². The van der Waals surface area contributed by atoms with Crippen molar-refractivity contribution in [3.05, 3.63) is 38.3 Å². The molecule has 0 radical (unpaired) electrons. The maximum atomic E-state index is 9.72. The van der Waals surface area contributed by atoms with Crippen LogP contribution in [0.1, 0.15) is 16.3 Å². The highest BCUT2D eigenvalue weighted by atomic mass is 79.9. The van der Waals surface area contributed by atoms with E-state index < -0.39 is 0 Å². The van der Waals surface area contributed by atoms with E-state index in [0.717, 1.165) is 20.7 Å². The van der Waals surface area contributed by atoms with Gasteiger partial charge in [-0.25, -0.2) is 4.98 Å². The number of phenols is 1. The van der Waals surface area contributed by atoms with Crippen LogP contribution in [0.3, 0.4) is 0 Å². The van der Waals surface area contributed by atoms with Gasteiger partial charge in [-0.1, -0.05) is 22.0 Å². The highest BCUT2D eigenvalue weighted by molar-refractivity contribution is 9.10. The Morgan fingerprint density at radius 2 is 2.17 bits per heavy atom. The number of benzene rings is 1. The fourth-order valence-corrected chi connectivity index (χ4v) is 2.60. The molecule has 0 spiro atoms. The van der Waals surface area contributed by atoms with Gasteiger partial charge < -0.3 is 9.84 Å². The summed E-state index contributed by atoms with van der Waals surface area (Å²) in [7, 11) is 1.52. The van der Waals surface area contributed by atoms with Crippen molar-refractivity contribution in [3.8, 4) is 11.5 Å². The molecular formula is C13H12BrNO2S. The summed E-state index contributed by atoms with van der Waals surface area (Å²) in [5.41, 5.74) is 1.89. The number of aromatic hydroxyl groups is 1. The summed E-state index contributed by atoms with van der Waals surface area (Å²) in [4.78, 5) is 4.34. The van der Waals surface area contributed by atoms with Crippen LogP contribution in [0, 0.1) is 6.92 Å². The van der Waals surface area contributed by atoms with E-state index >= 15 is 0 Å². The van der Waals surface area contributed by atoms with Crippen molar-refractivity contribution < 1.29 is 9.84 Å². The van der Waals surface area contributed by atoms with Crippen LogP contribution < -0.4 is 4.74 Å². The number of methoxy groups -OCH3 is 1. The van der Waals surface area contributed by atoms with Gasteiger partial charge in [-0.2, -0.15) is 0 Å². The minimum atomic E-state index is 0.121. The Labute approximate surface area is 118 Å². The average molecular weight is 326 g/mol. The Balaban J connectivity index is 2.29. The molecule has 1 heterocycles. The van der Waals surface area contributed by atoms with E-state index in [1.54, 1.807) is 23.5 Å². The van der Waals surface area contributed by atoms with Gasteiger partial charge in [0.15, 0.2) is 11.5 Å². The summed E-state index contributed by atoms with van der Waals surface area (Å²) in [5, 5.41) is 12.7. The van der Waals surface area contributed by atoms with Gasteiger partial charge in [-0.05, 0) is 30.7 Å². The Kier molecular flexibility index (Phi) is 4.04. The maximum absolute atomic E-state index is 9.72. The Hall–Kier alpha value is -1.33. The molecular weight excluding hydrogens is 314 g/mol. The Morgan fingerprint density at radius 1 is 1.39 bits per heavy atom. The van der Waals surface area contributed by atoms with Crippen molar-refractivity contribution in [1.82, 2.24) is 4.98 Å². The fraction of sp³-hybridized carbons (Fsp3) is 0.154. The number of nitrogens with zero attached hydrogens (tertiary/aromatic N) is 1. The summed E-state index contributed by atoms with van der Waals surface area (Å²) < 4.78 is 5.90. The highest BCUT2D eigenvalue weighted by Crippen LogP contribution is 2.33. The smallest absolute Gasteiger partial charge is 0.161 e. The molecule has 0 aliphatic heterocycles. The van der Waals surface area contributed by atoms with Gasteiger partial charge in [0.25, 0.3) is 0 Å². The number of aromatic nitrogens is 1. The van der Waals surface area contributed by atoms with E-state index in [-0.39, 0.29) is 5.75 Å². The first-order valence-corrected chi connectivity index (χ1v) is 6.94. The van der Waals surface area contributed by atoms with Crippen LogP contribution in [-0.2, 0) is 0 Å². The topological polar surface area (TPSA) is 42.4 Å². The zero-order valence-corrected chi connectivity index (χ0v) is 12.4. The van der Waals surface area contributed by atoms with Crippen LogP contribution in [0.5, 0.6) is 11.5 Å². The number of aryl methyl sites for hydroxylation is 1. The van der Waals surface area contributed by atoms with Gasteiger partial charge in [0.2, 0.25) is 0 Å².